The zero-order valence-corrected chi connectivity index (χ0v) is 10.1. The van der Waals surface area contributed by atoms with E-state index >= 15 is 0 Å². The molecule has 3 rings (SSSR count). The zero-order chi connectivity index (χ0) is 10.3. The third-order valence-electron chi connectivity index (χ3n) is 2.19. The number of halogens is 1. The fraction of sp³-hybridized carbons (Fsp3) is 0. The van der Waals surface area contributed by atoms with E-state index in [-0.39, 0.29) is 5.82 Å². The van der Waals surface area contributed by atoms with Crippen LogP contribution in [0.3, 0.4) is 0 Å². The molecule has 0 saturated heterocycles. The van der Waals surface area contributed by atoms with E-state index in [4.69, 9.17) is 4.74 Å². The zero-order valence-electron chi connectivity index (χ0n) is 7.74. The predicted molar refractivity (Wildman–Crippen MR) is 57.9 cm³/mol. The Morgan fingerprint density at radius 3 is 2.67 bits per heavy atom. The number of benzene rings is 2. The van der Waals surface area contributed by atoms with Crippen LogP contribution in [0.2, 0.25) is 0 Å². The molecule has 0 amide bonds. The average Bonchev–Trinajstić information content (AvgIpc) is 2.26. The second-order valence-corrected chi connectivity index (χ2v) is 6.34. The van der Waals surface area contributed by atoms with Crippen molar-refractivity contribution in [2.45, 2.75) is 0 Å². The maximum atomic E-state index is 13.0. The second-order valence-electron chi connectivity index (χ2n) is 3.24. The van der Waals surface area contributed by atoms with Crippen LogP contribution in [0, 0.1) is 5.82 Å². The summed E-state index contributed by atoms with van der Waals surface area (Å²) >= 11 is -0.497. The minimum absolute atomic E-state index is 0.179. The average molecular weight is 314 g/mol. The van der Waals surface area contributed by atoms with E-state index in [1.807, 2.05) is 18.2 Å². The van der Waals surface area contributed by atoms with Crippen LogP contribution in [0.1, 0.15) is 0 Å². The molecule has 0 fully saturated rings. The van der Waals surface area contributed by atoms with Gasteiger partial charge < -0.3 is 0 Å². The summed E-state index contributed by atoms with van der Waals surface area (Å²) < 4.78 is 21.0. The van der Waals surface area contributed by atoms with Gasteiger partial charge >= 0.3 is 97.1 Å². The summed E-state index contributed by atoms with van der Waals surface area (Å²) in [5.41, 5.74) is 0. The Bertz CT molecular complexity index is 525. The first-order chi connectivity index (χ1) is 7.33. The summed E-state index contributed by atoms with van der Waals surface area (Å²) in [6.45, 7) is 0. The normalized spacial score (nSPS) is 12.6. The molecule has 1 aliphatic rings. The van der Waals surface area contributed by atoms with Crippen LogP contribution >= 0.6 is 0 Å². The van der Waals surface area contributed by atoms with E-state index in [1.54, 1.807) is 12.1 Å². The minimum atomic E-state index is -0.497. The molecule has 0 aliphatic carbocycles. The van der Waals surface area contributed by atoms with Gasteiger partial charge in [0.05, 0.1) is 0 Å². The number of hydrogen-bond donors (Lipinski definition) is 0. The molecule has 15 heavy (non-hydrogen) atoms. The van der Waals surface area contributed by atoms with Crippen LogP contribution in [-0.2, 0) is 0 Å². The van der Waals surface area contributed by atoms with E-state index in [9.17, 15) is 4.39 Å². The Kier molecular flexibility index (Phi) is 2.16. The van der Waals surface area contributed by atoms with Gasteiger partial charge in [0, 0.05) is 0 Å². The Balaban J connectivity index is 2.11. The van der Waals surface area contributed by atoms with Crippen LogP contribution in [-0.4, -0.2) is 20.9 Å². The fourth-order valence-corrected chi connectivity index (χ4v) is 4.29. The molecule has 0 radical (unpaired) electrons. The third-order valence-corrected chi connectivity index (χ3v) is 5.32. The summed E-state index contributed by atoms with van der Waals surface area (Å²) in [5.74, 6) is 1.57. The molecule has 0 spiro atoms. The molecule has 1 nitrogen and oxygen atoms in total. The quantitative estimate of drug-likeness (QED) is 0.573. The van der Waals surface area contributed by atoms with Gasteiger partial charge in [-0.2, -0.15) is 0 Å². The van der Waals surface area contributed by atoms with Crippen LogP contribution in [0.25, 0.3) is 0 Å². The van der Waals surface area contributed by atoms with Crippen molar-refractivity contribution in [3.63, 3.8) is 0 Å². The topological polar surface area (TPSA) is 9.23 Å². The Morgan fingerprint density at radius 2 is 1.73 bits per heavy atom. The summed E-state index contributed by atoms with van der Waals surface area (Å²) in [6.07, 6.45) is 0. The van der Waals surface area contributed by atoms with Crippen molar-refractivity contribution >= 4 is 28.1 Å². The molecule has 2 aromatic carbocycles. The molecule has 0 unspecified atom stereocenters. The van der Waals surface area contributed by atoms with Gasteiger partial charge in [-0.3, -0.25) is 0 Å². The van der Waals surface area contributed by atoms with Crippen molar-refractivity contribution in [3.8, 4) is 11.5 Å². The van der Waals surface area contributed by atoms with E-state index in [0.29, 0.717) is 0 Å². The van der Waals surface area contributed by atoms with Crippen LogP contribution < -0.4 is 12.0 Å². The maximum absolute atomic E-state index is 13.0. The second kappa shape index (κ2) is 3.52. The van der Waals surface area contributed by atoms with Crippen molar-refractivity contribution in [2.24, 2.45) is 0 Å². The molecule has 2 aromatic rings. The Morgan fingerprint density at radius 1 is 0.933 bits per heavy atom. The van der Waals surface area contributed by atoms with Crippen molar-refractivity contribution in [3.05, 3.63) is 48.3 Å². The Labute approximate surface area is 97.0 Å². The molecule has 3 heteroatoms. The van der Waals surface area contributed by atoms with Gasteiger partial charge in [0.2, 0.25) is 0 Å². The van der Waals surface area contributed by atoms with Crippen molar-refractivity contribution < 1.29 is 9.13 Å². The van der Waals surface area contributed by atoms with Crippen LogP contribution in [0.15, 0.2) is 42.5 Å². The van der Waals surface area contributed by atoms with E-state index in [2.05, 4.69) is 6.07 Å². The molecule has 1 aliphatic heterocycles. The first kappa shape index (κ1) is 9.20. The third kappa shape index (κ3) is 1.62. The molecule has 0 saturated carbocycles. The van der Waals surface area contributed by atoms with Gasteiger partial charge in [-0.05, 0) is 0 Å². The molecule has 1 heterocycles. The monoisotopic (exact) mass is 316 g/mol. The molecular formula is C12H7FOTe. The number of rotatable bonds is 0. The first-order valence-corrected chi connectivity index (χ1v) is 6.90. The van der Waals surface area contributed by atoms with Crippen molar-refractivity contribution in [1.29, 1.82) is 0 Å². The van der Waals surface area contributed by atoms with Gasteiger partial charge in [-0.25, -0.2) is 0 Å². The SMILES string of the molecule is Fc1ccc2c(c1)[Te]c1ccccc1O2. The first-order valence-electron chi connectivity index (χ1n) is 4.57. The number of para-hydroxylation sites is 1. The number of fused-ring (bicyclic) bond motifs is 2. The van der Waals surface area contributed by atoms with Gasteiger partial charge in [0.25, 0.3) is 0 Å². The molecule has 0 N–H and O–H groups in total. The van der Waals surface area contributed by atoms with E-state index in [1.165, 1.54) is 9.68 Å². The molecule has 0 bridgehead atoms. The van der Waals surface area contributed by atoms with Crippen molar-refractivity contribution in [1.82, 2.24) is 0 Å². The van der Waals surface area contributed by atoms with E-state index < -0.39 is 20.9 Å². The van der Waals surface area contributed by atoms with Gasteiger partial charge in [0.15, 0.2) is 0 Å². The summed E-state index contributed by atoms with van der Waals surface area (Å²) in [7, 11) is 0. The Hall–Kier alpha value is -1.04. The van der Waals surface area contributed by atoms with Crippen molar-refractivity contribution in [2.75, 3.05) is 0 Å². The standard InChI is InChI=1S/C12H7FOTe/c13-8-5-6-10-12(7-8)15-11-4-2-1-3-9(11)14-10/h1-7H. The summed E-state index contributed by atoms with van der Waals surface area (Å²) in [5, 5.41) is 0. The fourth-order valence-electron chi connectivity index (χ4n) is 1.50. The number of ether oxygens (including phenoxy) is 1. The van der Waals surface area contributed by atoms with Crippen LogP contribution in [0.4, 0.5) is 4.39 Å². The molecule has 0 atom stereocenters. The molecule has 0 aromatic heterocycles. The number of hydrogen-bond acceptors (Lipinski definition) is 1. The van der Waals surface area contributed by atoms with Gasteiger partial charge in [0.1, 0.15) is 0 Å². The predicted octanol–water partition coefficient (Wildman–Crippen LogP) is 1.59. The van der Waals surface area contributed by atoms with E-state index in [0.717, 1.165) is 15.1 Å². The van der Waals surface area contributed by atoms with Gasteiger partial charge in [-0.15, -0.1) is 0 Å². The summed E-state index contributed by atoms with van der Waals surface area (Å²) in [4.78, 5) is 0. The molecule has 74 valence electrons. The van der Waals surface area contributed by atoms with Gasteiger partial charge in [-0.1, -0.05) is 0 Å². The van der Waals surface area contributed by atoms with Crippen LogP contribution in [0.5, 0.6) is 11.5 Å². The summed E-state index contributed by atoms with van der Waals surface area (Å²) in [6, 6.07) is 12.7. The molecular weight excluding hydrogens is 307 g/mol.